The summed E-state index contributed by atoms with van der Waals surface area (Å²) in [6, 6.07) is 0. The zero-order valence-corrected chi connectivity index (χ0v) is 14.9. The molecule has 1 aromatic rings. The predicted octanol–water partition coefficient (Wildman–Crippen LogP) is 2.05. The number of rotatable bonds is 5. The van der Waals surface area contributed by atoms with Gasteiger partial charge in [-0.05, 0) is 12.8 Å². The van der Waals surface area contributed by atoms with Gasteiger partial charge in [-0.1, -0.05) is 13.8 Å². The number of carbonyl (C=O) groups is 2. The van der Waals surface area contributed by atoms with Gasteiger partial charge in [-0.3, -0.25) is 9.59 Å². The second-order valence-corrected chi connectivity index (χ2v) is 5.81. The first-order valence-corrected chi connectivity index (χ1v) is 6.92. The summed E-state index contributed by atoms with van der Waals surface area (Å²) in [5.74, 6) is -0.292. The third-order valence-electron chi connectivity index (χ3n) is 3.12. The van der Waals surface area contributed by atoms with Crippen molar-refractivity contribution in [3.05, 3.63) is 11.1 Å². The molecular formula is C12H22Cl2N4O2S. The van der Waals surface area contributed by atoms with Crippen LogP contribution in [0.1, 0.15) is 38.2 Å². The first-order chi connectivity index (χ1) is 8.78. The van der Waals surface area contributed by atoms with Crippen LogP contribution in [-0.2, 0) is 4.79 Å². The van der Waals surface area contributed by atoms with Gasteiger partial charge in [0.15, 0.2) is 5.13 Å². The lowest BCUT2D eigenvalue weighted by atomic mass is 9.88. The maximum Gasteiger partial charge on any atom is 0.271 e. The fourth-order valence-electron chi connectivity index (χ4n) is 1.34. The van der Waals surface area contributed by atoms with E-state index >= 15 is 0 Å². The normalized spacial score (nSPS) is 12.7. The van der Waals surface area contributed by atoms with E-state index in [1.54, 1.807) is 5.38 Å². The number of aromatic nitrogens is 1. The summed E-state index contributed by atoms with van der Waals surface area (Å²) in [4.78, 5) is 27.0. The Labute approximate surface area is 141 Å². The van der Waals surface area contributed by atoms with E-state index in [0.717, 1.165) is 0 Å². The minimum absolute atomic E-state index is 0. The second kappa shape index (κ2) is 9.19. The van der Waals surface area contributed by atoms with E-state index in [1.807, 2.05) is 20.8 Å². The molecule has 1 aromatic heterocycles. The van der Waals surface area contributed by atoms with Gasteiger partial charge in [0.25, 0.3) is 5.91 Å². The molecule has 6 nitrogen and oxygen atoms in total. The Morgan fingerprint density at radius 1 is 1.43 bits per heavy atom. The van der Waals surface area contributed by atoms with Gasteiger partial charge in [0, 0.05) is 18.8 Å². The first kappa shape index (κ1) is 22.4. The van der Waals surface area contributed by atoms with Crippen LogP contribution in [-0.4, -0.2) is 28.9 Å². The van der Waals surface area contributed by atoms with Crippen molar-refractivity contribution in [2.75, 3.05) is 11.9 Å². The number of nitrogens with two attached hydrogens (primary N) is 1. The molecule has 1 rings (SSSR count). The van der Waals surface area contributed by atoms with Crippen molar-refractivity contribution < 1.29 is 9.59 Å². The molecule has 1 unspecified atom stereocenters. The largest absolute Gasteiger partial charge is 0.344 e. The second-order valence-electron chi connectivity index (χ2n) is 4.95. The third-order valence-corrected chi connectivity index (χ3v) is 3.87. The fourth-order valence-corrected chi connectivity index (χ4v) is 2.08. The lowest BCUT2D eigenvalue weighted by molar-refractivity contribution is -0.114. The fraction of sp³-hybridized carbons (Fsp3) is 0.583. The Bertz CT molecular complexity index is 482. The van der Waals surface area contributed by atoms with Crippen LogP contribution >= 0.6 is 36.2 Å². The number of nitrogens with zero attached hydrogens (tertiary/aromatic N) is 1. The quantitative estimate of drug-likeness (QED) is 0.751. The Morgan fingerprint density at radius 2 is 2.00 bits per heavy atom. The predicted molar refractivity (Wildman–Crippen MR) is 90.7 cm³/mol. The molecule has 0 bridgehead atoms. The van der Waals surface area contributed by atoms with Crippen LogP contribution in [0.15, 0.2) is 5.38 Å². The highest BCUT2D eigenvalue weighted by atomic mass is 35.5. The maximum atomic E-state index is 12.1. The van der Waals surface area contributed by atoms with Crippen LogP contribution in [0.4, 0.5) is 5.13 Å². The molecule has 0 aromatic carbocycles. The minimum Gasteiger partial charge on any atom is -0.344 e. The van der Waals surface area contributed by atoms with Crippen LogP contribution in [0.2, 0.25) is 0 Å². The van der Waals surface area contributed by atoms with Crippen molar-refractivity contribution in [2.24, 2.45) is 11.7 Å². The Kier molecular flexibility index (Phi) is 9.80. The molecule has 21 heavy (non-hydrogen) atoms. The summed E-state index contributed by atoms with van der Waals surface area (Å²) in [7, 11) is 0. The van der Waals surface area contributed by atoms with E-state index in [2.05, 4.69) is 15.6 Å². The number of halogens is 2. The number of carbonyl (C=O) groups excluding carboxylic acids is 2. The zero-order chi connectivity index (χ0) is 14.6. The van der Waals surface area contributed by atoms with E-state index in [0.29, 0.717) is 11.7 Å². The minimum atomic E-state index is -0.477. The molecule has 0 aliphatic rings. The molecule has 0 saturated heterocycles. The van der Waals surface area contributed by atoms with E-state index in [4.69, 9.17) is 5.73 Å². The molecule has 0 aliphatic carbocycles. The highest BCUT2D eigenvalue weighted by Crippen LogP contribution is 2.18. The molecule has 9 heteroatoms. The van der Waals surface area contributed by atoms with Crippen molar-refractivity contribution in [1.82, 2.24) is 10.3 Å². The van der Waals surface area contributed by atoms with Gasteiger partial charge in [-0.2, -0.15) is 0 Å². The van der Waals surface area contributed by atoms with Crippen LogP contribution in [0.3, 0.4) is 0 Å². The standard InChI is InChI=1S/C12H20N4O2S.2ClH/c1-7(2)12(4,6-13)16-10(18)9-5-19-11(15-9)14-8(3)17;;/h5,7H,6,13H2,1-4H3,(H,16,18)(H,14,15,17);2*1H. The van der Waals surface area contributed by atoms with Crippen molar-refractivity contribution in [2.45, 2.75) is 33.2 Å². The van der Waals surface area contributed by atoms with Crippen LogP contribution in [0, 0.1) is 5.92 Å². The van der Waals surface area contributed by atoms with Gasteiger partial charge in [-0.25, -0.2) is 4.98 Å². The number of thiazole rings is 1. The molecule has 4 N–H and O–H groups in total. The summed E-state index contributed by atoms with van der Waals surface area (Å²) in [6.07, 6.45) is 0. The molecule has 0 fully saturated rings. The summed E-state index contributed by atoms with van der Waals surface area (Å²) in [6.45, 7) is 7.63. The molecule has 1 atom stereocenters. The molecular weight excluding hydrogens is 335 g/mol. The number of hydrogen-bond donors (Lipinski definition) is 3. The molecule has 2 amide bonds. The highest BCUT2D eigenvalue weighted by molar-refractivity contribution is 7.14. The van der Waals surface area contributed by atoms with Crippen molar-refractivity contribution in [1.29, 1.82) is 0 Å². The van der Waals surface area contributed by atoms with Gasteiger partial charge in [0.1, 0.15) is 5.69 Å². The molecule has 0 saturated carbocycles. The Balaban J connectivity index is 0. The van der Waals surface area contributed by atoms with Crippen molar-refractivity contribution in [3.63, 3.8) is 0 Å². The number of hydrogen-bond acceptors (Lipinski definition) is 5. The Morgan fingerprint density at radius 3 is 2.43 bits per heavy atom. The van der Waals surface area contributed by atoms with E-state index in [1.165, 1.54) is 18.3 Å². The molecule has 0 spiro atoms. The lowest BCUT2D eigenvalue weighted by Gasteiger charge is -2.33. The first-order valence-electron chi connectivity index (χ1n) is 6.04. The summed E-state index contributed by atoms with van der Waals surface area (Å²) in [5.41, 5.74) is 5.52. The smallest absolute Gasteiger partial charge is 0.271 e. The van der Waals surface area contributed by atoms with Crippen molar-refractivity contribution in [3.8, 4) is 0 Å². The van der Waals surface area contributed by atoms with Crippen molar-refractivity contribution >= 4 is 53.1 Å². The van der Waals surface area contributed by atoms with Gasteiger partial charge in [-0.15, -0.1) is 36.2 Å². The average molecular weight is 357 g/mol. The summed E-state index contributed by atoms with van der Waals surface area (Å²) in [5, 5.41) is 7.46. The van der Waals surface area contributed by atoms with Gasteiger partial charge in [0.05, 0.1) is 5.54 Å². The topological polar surface area (TPSA) is 97.1 Å². The van der Waals surface area contributed by atoms with Crippen LogP contribution in [0.5, 0.6) is 0 Å². The molecule has 122 valence electrons. The van der Waals surface area contributed by atoms with Gasteiger partial charge in [0.2, 0.25) is 5.91 Å². The molecule has 1 heterocycles. The third kappa shape index (κ3) is 6.17. The monoisotopic (exact) mass is 356 g/mol. The van der Waals surface area contributed by atoms with Crippen LogP contribution in [0.25, 0.3) is 0 Å². The molecule has 0 aliphatic heterocycles. The van der Waals surface area contributed by atoms with E-state index in [-0.39, 0.29) is 48.2 Å². The van der Waals surface area contributed by atoms with Crippen LogP contribution < -0.4 is 16.4 Å². The molecule has 0 radical (unpaired) electrons. The SMILES string of the molecule is CC(=O)Nc1nc(C(=O)NC(C)(CN)C(C)C)cs1.Cl.Cl. The highest BCUT2D eigenvalue weighted by Gasteiger charge is 2.29. The maximum absolute atomic E-state index is 12.1. The van der Waals surface area contributed by atoms with E-state index < -0.39 is 5.54 Å². The number of nitrogens with one attached hydrogen (secondary N) is 2. The van der Waals surface area contributed by atoms with E-state index in [9.17, 15) is 9.59 Å². The number of anilines is 1. The Hall–Kier alpha value is -0.890. The van der Waals surface area contributed by atoms with Gasteiger partial charge < -0.3 is 16.4 Å². The van der Waals surface area contributed by atoms with Gasteiger partial charge >= 0.3 is 0 Å². The summed E-state index contributed by atoms with van der Waals surface area (Å²) >= 11 is 1.21. The summed E-state index contributed by atoms with van der Waals surface area (Å²) < 4.78 is 0. The number of amides is 2. The zero-order valence-electron chi connectivity index (χ0n) is 12.4. The lowest BCUT2D eigenvalue weighted by Crippen LogP contribution is -2.55. The average Bonchev–Trinajstić information content (AvgIpc) is 2.76.